The molecule has 4 aromatic carbocycles. The predicted octanol–water partition coefficient (Wildman–Crippen LogP) is 11.5. The van der Waals surface area contributed by atoms with Crippen LogP contribution in [0.3, 0.4) is 0 Å². The van der Waals surface area contributed by atoms with Gasteiger partial charge < -0.3 is 18.9 Å². The van der Waals surface area contributed by atoms with Crippen molar-refractivity contribution < 1.29 is 18.9 Å². The van der Waals surface area contributed by atoms with Crippen LogP contribution in [0.15, 0.2) is 97.1 Å². The summed E-state index contributed by atoms with van der Waals surface area (Å²) < 4.78 is 22.0. The topological polar surface area (TPSA) is 36.9 Å². The van der Waals surface area contributed by atoms with Crippen molar-refractivity contribution >= 4 is 23.2 Å². The van der Waals surface area contributed by atoms with E-state index in [0.717, 1.165) is 31.2 Å². The van der Waals surface area contributed by atoms with Gasteiger partial charge in [0, 0.05) is 26.0 Å². The molecule has 0 amide bonds. The Labute approximate surface area is 311 Å². The van der Waals surface area contributed by atoms with E-state index in [9.17, 15) is 0 Å². The number of alkyl halides is 2. The van der Waals surface area contributed by atoms with E-state index in [4.69, 9.17) is 42.1 Å². The minimum Gasteiger partial charge on any atom is -0.382 e. The number of rotatable bonds is 23. The third kappa shape index (κ3) is 12.8. The molecule has 4 atom stereocenters. The number of methoxy groups -OCH3 is 2. The number of hydrogen-bond acceptors (Lipinski definition) is 4. The van der Waals surface area contributed by atoms with Crippen LogP contribution in [-0.2, 0) is 43.9 Å². The van der Waals surface area contributed by atoms with Crippen molar-refractivity contribution in [1.29, 1.82) is 0 Å². The minimum absolute atomic E-state index is 0.347. The Balaban J connectivity index is 1.64. The molecule has 0 aliphatic heterocycles. The highest BCUT2D eigenvalue weighted by Crippen LogP contribution is 2.42. The third-order valence-corrected chi connectivity index (χ3v) is 10.4. The van der Waals surface area contributed by atoms with Crippen LogP contribution in [0.2, 0.25) is 0 Å². The Morgan fingerprint density at radius 2 is 1.00 bits per heavy atom. The average molecular weight is 720 g/mol. The zero-order chi connectivity index (χ0) is 35.6. The summed E-state index contributed by atoms with van der Waals surface area (Å²) >= 11 is 12.5. The van der Waals surface area contributed by atoms with Crippen LogP contribution in [0.25, 0.3) is 0 Å². The van der Waals surface area contributed by atoms with Gasteiger partial charge >= 0.3 is 0 Å². The Morgan fingerprint density at radius 1 is 0.500 bits per heavy atom. The zero-order valence-corrected chi connectivity index (χ0v) is 31.9. The van der Waals surface area contributed by atoms with Crippen molar-refractivity contribution in [2.24, 2.45) is 0 Å². The molecule has 0 N–H and O–H groups in total. The minimum atomic E-state index is 0.347. The maximum atomic E-state index is 6.28. The Hall–Kier alpha value is -2.70. The van der Waals surface area contributed by atoms with E-state index in [1.54, 1.807) is 14.2 Å². The molecule has 0 aliphatic carbocycles. The molecular weight excluding hydrogens is 663 g/mol. The number of benzene rings is 4. The standard InChI is InChI=1S/C44H56Cl2O4/c1-5-38(42-11-6-8-36(25-42)30-46)27-44(40-16-12-34(29-45)13-17-40)28-43(39-18-14-35(15-19-39)31-49-22-20-47-3)24-33(2)41-10-7-9-37(26-41)32-50-23-21-48-4/h6-19,25-26,33,38,43-44H,5,20-24,27-32H2,1-4H3. The van der Waals surface area contributed by atoms with Crippen molar-refractivity contribution in [2.45, 2.75) is 88.2 Å². The molecule has 4 rings (SSSR count). The van der Waals surface area contributed by atoms with Crippen LogP contribution < -0.4 is 0 Å². The van der Waals surface area contributed by atoms with Gasteiger partial charge in [-0.3, -0.25) is 0 Å². The molecule has 0 heterocycles. The number of halogens is 2. The predicted molar refractivity (Wildman–Crippen MR) is 209 cm³/mol. The quantitative estimate of drug-likeness (QED) is 0.0565. The molecule has 0 saturated heterocycles. The van der Waals surface area contributed by atoms with Gasteiger partial charge in [0.25, 0.3) is 0 Å². The Bertz CT molecular complexity index is 1510. The molecule has 0 bridgehead atoms. The van der Waals surface area contributed by atoms with E-state index in [-0.39, 0.29) is 0 Å². The molecule has 0 saturated carbocycles. The van der Waals surface area contributed by atoms with E-state index in [1.807, 2.05) is 0 Å². The monoisotopic (exact) mass is 718 g/mol. The molecular formula is C44H56Cl2O4. The third-order valence-electron chi connectivity index (χ3n) is 9.82. The summed E-state index contributed by atoms with van der Waals surface area (Å²) in [7, 11) is 3.40. The second kappa shape index (κ2) is 22.3. The van der Waals surface area contributed by atoms with Crippen LogP contribution >= 0.6 is 23.2 Å². The highest BCUT2D eigenvalue weighted by molar-refractivity contribution is 6.17. The smallest absolute Gasteiger partial charge is 0.0718 e. The molecule has 0 aromatic heterocycles. The van der Waals surface area contributed by atoms with E-state index in [1.165, 1.54) is 38.9 Å². The van der Waals surface area contributed by atoms with E-state index in [2.05, 4.69) is 111 Å². The summed E-state index contributed by atoms with van der Waals surface area (Å²) in [5.41, 5.74) is 10.2. The SMILES string of the molecule is CCC(CC(CC(CC(C)c1cccc(COCCOC)c1)c1ccc(COCCOC)cc1)c1ccc(CCl)cc1)c1cccc(CCl)c1. The highest BCUT2D eigenvalue weighted by Gasteiger charge is 2.26. The molecule has 0 fully saturated rings. The lowest BCUT2D eigenvalue weighted by Gasteiger charge is -2.30. The largest absolute Gasteiger partial charge is 0.382 e. The van der Waals surface area contributed by atoms with Crippen LogP contribution in [0.5, 0.6) is 0 Å². The lowest BCUT2D eigenvalue weighted by Crippen LogP contribution is -2.13. The average Bonchev–Trinajstić information content (AvgIpc) is 3.16. The van der Waals surface area contributed by atoms with Gasteiger partial charge in [-0.2, -0.15) is 0 Å². The maximum absolute atomic E-state index is 6.28. The molecule has 0 spiro atoms. The van der Waals surface area contributed by atoms with E-state index < -0.39 is 0 Å². The lowest BCUT2D eigenvalue weighted by molar-refractivity contribution is 0.0616. The summed E-state index contributed by atoms with van der Waals surface area (Å²) in [6.07, 6.45) is 4.21. The van der Waals surface area contributed by atoms with Crippen LogP contribution in [0.1, 0.15) is 108 Å². The van der Waals surface area contributed by atoms with Gasteiger partial charge in [0.05, 0.1) is 39.6 Å². The van der Waals surface area contributed by atoms with Crippen molar-refractivity contribution in [2.75, 3.05) is 40.6 Å². The first-order valence-electron chi connectivity index (χ1n) is 18.1. The second-order valence-corrected chi connectivity index (χ2v) is 14.0. The summed E-state index contributed by atoms with van der Waals surface area (Å²) in [5.74, 6) is 2.54. The summed E-state index contributed by atoms with van der Waals surface area (Å²) in [6, 6.07) is 35.8. The summed E-state index contributed by atoms with van der Waals surface area (Å²) in [4.78, 5) is 0. The molecule has 0 aliphatic rings. The first-order chi connectivity index (χ1) is 24.5. The van der Waals surface area contributed by atoms with Gasteiger partial charge in [-0.15, -0.1) is 23.2 Å². The first kappa shape index (κ1) is 40.1. The van der Waals surface area contributed by atoms with Gasteiger partial charge in [0.2, 0.25) is 0 Å². The fraction of sp³-hybridized carbons (Fsp3) is 0.455. The first-order valence-corrected chi connectivity index (χ1v) is 19.1. The second-order valence-electron chi connectivity index (χ2n) is 13.4. The molecule has 4 aromatic rings. The molecule has 270 valence electrons. The maximum Gasteiger partial charge on any atom is 0.0718 e. The van der Waals surface area contributed by atoms with E-state index in [0.29, 0.717) is 75.1 Å². The molecule has 4 unspecified atom stereocenters. The van der Waals surface area contributed by atoms with Gasteiger partial charge in [0.15, 0.2) is 0 Å². The zero-order valence-electron chi connectivity index (χ0n) is 30.4. The Morgan fingerprint density at radius 3 is 1.58 bits per heavy atom. The van der Waals surface area contributed by atoms with Gasteiger partial charge in [0.1, 0.15) is 0 Å². The van der Waals surface area contributed by atoms with Gasteiger partial charge in [-0.1, -0.05) is 111 Å². The van der Waals surface area contributed by atoms with Crippen LogP contribution in [0, 0.1) is 0 Å². The molecule has 4 nitrogen and oxygen atoms in total. The highest BCUT2D eigenvalue weighted by atomic mass is 35.5. The summed E-state index contributed by atoms with van der Waals surface area (Å²) in [5, 5.41) is 0. The van der Waals surface area contributed by atoms with Crippen molar-refractivity contribution in [3.63, 3.8) is 0 Å². The fourth-order valence-corrected chi connectivity index (χ4v) is 7.22. The van der Waals surface area contributed by atoms with Crippen molar-refractivity contribution in [1.82, 2.24) is 0 Å². The molecule has 50 heavy (non-hydrogen) atoms. The fourth-order valence-electron chi connectivity index (χ4n) is 6.87. The summed E-state index contributed by atoms with van der Waals surface area (Å²) in [6.45, 7) is 8.23. The van der Waals surface area contributed by atoms with Crippen molar-refractivity contribution in [3.05, 3.63) is 142 Å². The normalized spacial score (nSPS) is 14.0. The van der Waals surface area contributed by atoms with Gasteiger partial charge in [-0.25, -0.2) is 0 Å². The van der Waals surface area contributed by atoms with Crippen LogP contribution in [0.4, 0.5) is 0 Å². The lowest BCUT2D eigenvalue weighted by atomic mass is 9.75. The molecule has 6 heteroatoms. The number of ether oxygens (including phenoxy) is 4. The van der Waals surface area contributed by atoms with Crippen molar-refractivity contribution in [3.8, 4) is 0 Å². The van der Waals surface area contributed by atoms with E-state index >= 15 is 0 Å². The Kier molecular flexibility index (Phi) is 17.9. The van der Waals surface area contributed by atoms with Crippen LogP contribution in [-0.4, -0.2) is 40.6 Å². The van der Waals surface area contributed by atoms with Gasteiger partial charge in [-0.05, 0) is 93.9 Å². The molecule has 0 radical (unpaired) electrons. The number of hydrogen-bond donors (Lipinski definition) is 0.